The predicted molar refractivity (Wildman–Crippen MR) is 73.4 cm³/mol. The molecular weight excluding hydrogens is 281 g/mol. The molecule has 0 amide bonds. The van der Waals surface area contributed by atoms with Crippen molar-refractivity contribution >= 4 is 5.78 Å². The van der Waals surface area contributed by atoms with Crippen molar-refractivity contribution < 1.29 is 22.7 Å². The van der Waals surface area contributed by atoms with Crippen molar-refractivity contribution in [2.45, 2.75) is 44.2 Å². The molecule has 5 heteroatoms. The number of hydrogen-bond donors (Lipinski definition) is 0. The molecule has 0 atom stereocenters. The van der Waals surface area contributed by atoms with Crippen LogP contribution in [0.1, 0.15) is 43.6 Å². The monoisotopic (exact) mass is 300 g/mol. The van der Waals surface area contributed by atoms with E-state index in [0.29, 0.717) is 18.8 Å². The summed E-state index contributed by atoms with van der Waals surface area (Å²) in [5.41, 5.74) is 1.19. The predicted octanol–water partition coefficient (Wildman–Crippen LogP) is 4.49. The second kappa shape index (κ2) is 6.50. The number of ether oxygens (including phenoxy) is 1. The molecule has 0 spiro atoms. The maximum Gasteiger partial charge on any atom is 0.449 e. The van der Waals surface area contributed by atoms with Gasteiger partial charge >= 0.3 is 6.18 Å². The Morgan fingerprint density at radius 3 is 2.19 bits per heavy atom. The van der Waals surface area contributed by atoms with Crippen molar-refractivity contribution in [2.75, 3.05) is 7.11 Å². The highest BCUT2D eigenvalue weighted by Gasteiger charge is 2.39. The van der Waals surface area contributed by atoms with E-state index in [0.717, 1.165) is 18.6 Å². The highest BCUT2D eigenvalue weighted by Crippen LogP contribution is 2.38. The van der Waals surface area contributed by atoms with Gasteiger partial charge in [-0.05, 0) is 55.2 Å². The Hall–Kier alpha value is -1.52. The van der Waals surface area contributed by atoms with E-state index in [1.165, 1.54) is 5.56 Å². The molecule has 1 saturated carbocycles. The third-order valence-electron chi connectivity index (χ3n) is 4.22. The van der Waals surface area contributed by atoms with E-state index in [4.69, 9.17) is 4.74 Å². The number of benzene rings is 1. The molecule has 21 heavy (non-hydrogen) atoms. The molecule has 0 N–H and O–H groups in total. The second-order valence-corrected chi connectivity index (χ2v) is 5.62. The van der Waals surface area contributed by atoms with E-state index in [1.54, 1.807) is 7.11 Å². The largest absolute Gasteiger partial charge is 0.497 e. The van der Waals surface area contributed by atoms with Gasteiger partial charge in [-0.3, -0.25) is 4.79 Å². The van der Waals surface area contributed by atoms with E-state index in [9.17, 15) is 18.0 Å². The van der Waals surface area contributed by atoms with E-state index in [1.807, 2.05) is 24.3 Å². The van der Waals surface area contributed by atoms with Crippen LogP contribution in [0.2, 0.25) is 0 Å². The minimum absolute atomic E-state index is 0.131. The number of Topliss-reactive ketones (excluding diaryl/α,β-unsaturated/α-hetero) is 1. The minimum atomic E-state index is -4.69. The van der Waals surface area contributed by atoms with E-state index in [2.05, 4.69) is 0 Å². The van der Waals surface area contributed by atoms with Gasteiger partial charge in [-0.1, -0.05) is 12.1 Å². The van der Waals surface area contributed by atoms with Gasteiger partial charge in [-0.2, -0.15) is 13.2 Å². The molecule has 2 rings (SSSR count). The Bertz CT molecular complexity index is 471. The van der Waals surface area contributed by atoms with Gasteiger partial charge in [0, 0.05) is 6.42 Å². The average Bonchev–Trinajstić information content (AvgIpc) is 2.47. The van der Waals surface area contributed by atoms with Crippen LogP contribution in [0.4, 0.5) is 13.2 Å². The first-order valence-corrected chi connectivity index (χ1v) is 7.14. The summed E-state index contributed by atoms with van der Waals surface area (Å²) in [5, 5.41) is 0. The maximum absolute atomic E-state index is 12.3. The minimum Gasteiger partial charge on any atom is -0.497 e. The summed E-state index contributed by atoms with van der Waals surface area (Å²) in [6.07, 6.45) is -2.02. The summed E-state index contributed by atoms with van der Waals surface area (Å²) in [5.74, 6) is -0.555. The van der Waals surface area contributed by atoms with Crippen molar-refractivity contribution in [1.82, 2.24) is 0 Å². The summed E-state index contributed by atoms with van der Waals surface area (Å²) in [4.78, 5) is 11.0. The molecule has 1 fully saturated rings. The van der Waals surface area contributed by atoms with Crippen molar-refractivity contribution in [3.63, 3.8) is 0 Å². The zero-order valence-corrected chi connectivity index (χ0v) is 12.0. The Morgan fingerprint density at radius 2 is 1.71 bits per heavy atom. The first-order valence-electron chi connectivity index (χ1n) is 7.14. The number of carbonyl (C=O) groups is 1. The van der Waals surface area contributed by atoms with Gasteiger partial charge in [-0.15, -0.1) is 0 Å². The normalized spacial score (nSPS) is 22.9. The lowest BCUT2D eigenvalue weighted by atomic mass is 9.77. The van der Waals surface area contributed by atoms with Gasteiger partial charge in [0.25, 0.3) is 0 Å². The summed E-state index contributed by atoms with van der Waals surface area (Å²) < 4.78 is 41.9. The summed E-state index contributed by atoms with van der Waals surface area (Å²) in [7, 11) is 1.61. The number of methoxy groups -OCH3 is 1. The molecule has 0 bridgehead atoms. The molecule has 1 aromatic rings. The second-order valence-electron chi connectivity index (χ2n) is 5.62. The van der Waals surface area contributed by atoms with Crippen LogP contribution in [0.3, 0.4) is 0 Å². The topological polar surface area (TPSA) is 26.3 Å². The first kappa shape index (κ1) is 15.9. The average molecular weight is 300 g/mol. The van der Waals surface area contributed by atoms with E-state index in [-0.39, 0.29) is 12.3 Å². The van der Waals surface area contributed by atoms with Crippen LogP contribution in [-0.2, 0) is 4.79 Å². The van der Waals surface area contributed by atoms with Gasteiger partial charge in [0.2, 0.25) is 5.78 Å². The molecule has 1 aliphatic rings. The van der Waals surface area contributed by atoms with Crippen molar-refractivity contribution in [2.24, 2.45) is 5.92 Å². The Balaban J connectivity index is 1.86. The summed E-state index contributed by atoms with van der Waals surface area (Å²) in [6, 6.07) is 7.80. The smallest absolute Gasteiger partial charge is 0.449 e. The number of halogens is 3. The lowest BCUT2D eigenvalue weighted by molar-refractivity contribution is -0.172. The quantitative estimate of drug-likeness (QED) is 0.819. The molecule has 0 aromatic heterocycles. The molecule has 116 valence electrons. The van der Waals surface area contributed by atoms with Crippen LogP contribution in [-0.4, -0.2) is 19.1 Å². The lowest BCUT2D eigenvalue weighted by Gasteiger charge is -2.28. The van der Waals surface area contributed by atoms with Gasteiger partial charge in [0.05, 0.1) is 7.11 Å². The first-order chi connectivity index (χ1) is 9.90. The molecule has 1 aliphatic carbocycles. The number of alkyl halides is 3. The van der Waals surface area contributed by atoms with Crippen LogP contribution in [0.25, 0.3) is 0 Å². The standard InChI is InChI=1S/C16H19F3O2/c1-21-14-8-6-13(7-9-14)12-4-2-11(3-5-12)10-15(20)16(17,18)19/h6-9,11-12H,2-5,10H2,1H3. The Morgan fingerprint density at radius 1 is 1.14 bits per heavy atom. The van der Waals surface area contributed by atoms with Crippen molar-refractivity contribution in [3.05, 3.63) is 29.8 Å². The van der Waals surface area contributed by atoms with Crippen molar-refractivity contribution in [3.8, 4) is 5.75 Å². The molecule has 1 aromatic carbocycles. The van der Waals surface area contributed by atoms with Crippen LogP contribution in [0, 0.1) is 5.92 Å². The van der Waals surface area contributed by atoms with Gasteiger partial charge in [0.1, 0.15) is 5.75 Å². The fourth-order valence-corrected chi connectivity index (χ4v) is 2.95. The molecule has 0 saturated heterocycles. The molecule has 0 heterocycles. The highest BCUT2D eigenvalue weighted by atomic mass is 19.4. The van der Waals surface area contributed by atoms with Gasteiger partial charge in [-0.25, -0.2) is 0 Å². The highest BCUT2D eigenvalue weighted by molar-refractivity contribution is 5.84. The lowest BCUT2D eigenvalue weighted by Crippen LogP contribution is -2.26. The van der Waals surface area contributed by atoms with Crippen molar-refractivity contribution in [1.29, 1.82) is 0 Å². The molecule has 2 nitrogen and oxygen atoms in total. The summed E-state index contributed by atoms with van der Waals surface area (Å²) >= 11 is 0. The molecule has 0 unspecified atom stereocenters. The SMILES string of the molecule is COc1ccc(C2CCC(CC(=O)C(F)(F)F)CC2)cc1. The van der Waals surface area contributed by atoms with E-state index < -0.39 is 12.0 Å². The van der Waals surface area contributed by atoms with Gasteiger partial charge < -0.3 is 4.74 Å². The number of hydrogen-bond acceptors (Lipinski definition) is 2. The molecule has 0 radical (unpaired) electrons. The van der Waals surface area contributed by atoms with Crippen LogP contribution in [0.5, 0.6) is 5.75 Å². The Kier molecular flexibility index (Phi) is 4.91. The zero-order valence-electron chi connectivity index (χ0n) is 12.0. The summed E-state index contributed by atoms with van der Waals surface area (Å²) in [6.45, 7) is 0. The van der Waals surface area contributed by atoms with Crippen LogP contribution < -0.4 is 4.74 Å². The zero-order chi connectivity index (χ0) is 15.5. The van der Waals surface area contributed by atoms with Crippen LogP contribution >= 0.6 is 0 Å². The number of rotatable bonds is 4. The van der Waals surface area contributed by atoms with Gasteiger partial charge in [0.15, 0.2) is 0 Å². The van der Waals surface area contributed by atoms with E-state index >= 15 is 0 Å². The Labute approximate surface area is 122 Å². The maximum atomic E-state index is 12.3. The number of carbonyl (C=O) groups excluding carboxylic acids is 1. The molecule has 0 aliphatic heterocycles. The molecular formula is C16H19F3O2. The third-order valence-corrected chi connectivity index (χ3v) is 4.22. The van der Waals surface area contributed by atoms with Crippen LogP contribution in [0.15, 0.2) is 24.3 Å². The number of ketones is 1. The fourth-order valence-electron chi connectivity index (χ4n) is 2.95. The third kappa shape index (κ3) is 4.22. The fraction of sp³-hybridized carbons (Fsp3) is 0.562.